The second-order valence-electron chi connectivity index (χ2n) is 7.78. The highest BCUT2D eigenvalue weighted by molar-refractivity contribution is 6.30. The zero-order valence-electron chi connectivity index (χ0n) is 13.5. The predicted octanol–water partition coefficient (Wildman–Crippen LogP) is 4.58. The number of anilines is 1. The number of hydrogen-bond acceptors (Lipinski definition) is 3. The van der Waals surface area contributed by atoms with Crippen molar-refractivity contribution in [2.24, 2.45) is 17.8 Å². The Balaban J connectivity index is 1.75. The molecule has 0 amide bonds. The van der Waals surface area contributed by atoms with Crippen molar-refractivity contribution >= 4 is 17.4 Å². The lowest BCUT2D eigenvalue weighted by Crippen LogP contribution is -2.22. The Morgan fingerprint density at radius 2 is 1.71 bits per heavy atom. The summed E-state index contributed by atoms with van der Waals surface area (Å²) in [6, 6.07) is 0. The van der Waals surface area contributed by atoms with Crippen molar-refractivity contribution in [2.45, 2.75) is 58.8 Å². The molecule has 1 heterocycles. The van der Waals surface area contributed by atoms with Crippen LogP contribution < -0.4 is 5.32 Å². The minimum absolute atomic E-state index is 0.0832. The van der Waals surface area contributed by atoms with Crippen molar-refractivity contribution in [3.63, 3.8) is 0 Å². The van der Waals surface area contributed by atoms with Gasteiger partial charge in [0.25, 0.3) is 0 Å². The molecule has 2 saturated carbocycles. The summed E-state index contributed by atoms with van der Waals surface area (Å²) >= 11 is 6.30. The molecule has 21 heavy (non-hydrogen) atoms. The Kier molecular flexibility index (Phi) is 3.89. The van der Waals surface area contributed by atoms with Crippen LogP contribution in [0.4, 0.5) is 5.82 Å². The van der Waals surface area contributed by atoms with Gasteiger partial charge in [-0.3, -0.25) is 0 Å². The fraction of sp³-hybridized carbons (Fsp3) is 0.765. The van der Waals surface area contributed by atoms with Crippen molar-refractivity contribution in [3.8, 4) is 0 Å². The summed E-state index contributed by atoms with van der Waals surface area (Å²) in [6.45, 7) is 9.40. The highest BCUT2D eigenvalue weighted by Gasteiger charge is 2.41. The summed E-state index contributed by atoms with van der Waals surface area (Å²) in [5.74, 6) is 4.46. The molecule has 0 aromatic carbocycles. The van der Waals surface area contributed by atoms with Gasteiger partial charge in [-0.25, -0.2) is 9.97 Å². The molecule has 3 nitrogen and oxygen atoms in total. The van der Waals surface area contributed by atoms with Crippen LogP contribution in [0.5, 0.6) is 0 Å². The molecule has 0 unspecified atom stereocenters. The minimum atomic E-state index is -0.0832. The molecule has 2 aliphatic carbocycles. The summed E-state index contributed by atoms with van der Waals surface area (Å²) in [7, 11) is 0. The Hall–Kier alpha value is -0.830. The molecule has 0 spiro atoms. The van der Waals surface area contributed by atoms with Crippen LogP contribution >= 0.6 is 11.6 Å². The van der Waals surface area contributed by atoms with Gasteiger partial charge in [0.15, 0.2) is 0 Å². The second-order valence-corrected chi connectivity index (χ2v) is 8.14. The molecular formula is C17H26ClN3. The lowest BCUT2D eigenvalue weighted by Gasteiger charge is -2.21. The van der Waals surface area contributed by atoms with Gasteiger partial charge < -0.3 is 5.32 Å². The lowest BCUT2D eigenvalue weighted by molar-refractivity contribution is 0.427. The maximum atomic E-state index is 6.30. The zero-order chi connectivity index (χ0) is 15.2. The number of nitrogens with one attached hydrogen (secondary N) is 1. The van der Waals surface area contributed by atoms with Crippen molar-refractivity contribution in [3.05, 3.63) is 16.5 Å². The third-order valence-electron chi connectivity index (χ3n) is 4.72. The van der Waals surface area contributed by atoms with E-state index in [4.69, 9.17) is 16.6 Å². The van der Waals surface area contributed by atoms with Gasteiger partial charge in [0.1, 0.15) is 16.8 Å². The number of nitrogens with zero attached hydrogens (tertiary/aromatic N) is 2. The molecule has 1 aromatic rings. The van der Waals surface area contributed by atoms with Gasteiger partial charge >= 0.3 is 0 Å². The molecule has 4 heteroatoms. The van der Waals surface area contributed by atoms with E-state index >= 15 is 0 Å². The molecule has 3 rings (SSSR count). The van der Waals surface area contributed by atoms with Crippen molar-refractivity contribution in [1.82, 2.24) is 9.97 Å². The zero-order valence-corrected chi connectivity index (χ0v) is 14.3. The minimum Gasteiger partial charge on any atom is -0.369 e. The predicted molar refractivity (Wildman–Crippen MR) is 87.9 cm³/mol. The van der Waals surface area contributed by atoms with Gasteiger partial charge in [-0.15, -0.1) is 0 Å². The van der Waals surface area contributed by atoms with Crippen LogP contribution in [0.25, 0.3) is 0 Å². The fourth-order valence-electron chi connectivity index (χ4n) is 2.98. The number of rotatable bonds is 5. The first-order chi connectivity index (χ1) is 9.86. The van der Waals surface area contributed by atoms with Crippen molar-refractivity contribution in [1.29, 1.82) is 0 Å². The Morgan fingerprint density at radius 3 is 2.19 bits per heavy atom. The molecule has 0 saturated heterocycles. The van der Waals surface area contributed by atoms with Crippen LogP contribution in [0, 0.1) is 24.7 Å². The molecule has 1 N–H and O–H groups in total. The van der Waals surface area contributed by atoms with Crippen LogP contribution in [0.3, 0.4) is 0 Å². The van der Waals surface area contributed by atoms with E-state index in [0.717, 1.165) is 41.5 Å². The van der Waals surface area contributed by atoms with E-state index in [1.54, 1.807) is 0 Å². The molecule has 0 atom stereocenters. The number of aromatic nitrogens is 2. The first kappa shape index (κ1) is 15.1. The molecule has 116 valence electrons. The van der Waals surface area contributed by atoms with Gasteiger partial charge in [-0.05, 0) is 50.4 Å². The van der Waals surface area contributed by atoms with Gasteiger partial charge in [0.2, 0.25) is 0 Å². The van der Waals surface area contributed by atoms with E-state index in [1.165, 1.54) is 25.7 Å². The summed E-state index contributed by atoms with van der Waals surface area (Å²) < 4.78 is 0. The average molecular weight is 308 g/mol. The first-order valence-corrected chi connectivity index (χ1v) is 8.52. The molecule has 0 radical (unpaired) electrons. The van der Waals surface area contributed by atoms with Gasteiger partial charge in [0.05, 0.1) is 0 Å². The standard InChI is InChI=1S/C17H26ClN3/c1-10-14(18)20-16(17(2,3)4)21-15(10)19-9-13(11-5-6-11)12-7-8-12/h11-13H,5-9H2,1-4H3,(H,19,20,21). The topological polar surface area (TPSA) is 37.8 Å². The highest BCUT2D eigenvalue weighted by Crippen LogP contribution is 2.49. The van der Waals surface area contributed by atoms with Gasteiger partial charge in [-0.1, -0.05) is 32.4 Å². The largest absolute Gasteiger partial charge is 0.369 e. The van der Waals surface area contributed by atoms with E-state index in [-0.39, 0.29) is 5.41 Å². The molecule has 2 aliphatic rings. The maximum Gasteiger partial charge on any atom is 0.137 e. The van der Waals surface area contributed by atoms with E-state index in [9.17, 15) is 0 Å². The maximum absolute atomic E-state index is 6.30. The normalized spacial score (nSPS) is 19.1. The molecule has 2 fully saturated rings. The third-order valence-corrected chi connectivity index (χ3v) is 5.09. The van der Waals surface area contributed by atoms with Crippen LogP contribution in [0.15, 0.2) is 0 Å². The highest BCUT2D eigenvalue weighted by atomic mass is 35.5. The lowest BCUT2D eigenvalue weighted by atomic mass is 9.95. The van der Waals surface area contributed by atoms with Crippen LogP contribution in [0.1, 0.15) is 57.8 Å². The van der Waals surface area contributed by atoms with Crippen LogP contribution in [-0.2, 0) is 5.41 Å². The fourth-order valence-corrected chi connectivity index (χ4v) is 3.15. The summed E-state index contributed by atoms with van der Waals surface area (Å²) in [5, 5.41) is 4.15. The van der Waals surface area contributed by atoms with E-state index in [2.05, 4.69) is 31.1 Å². The molecule has 0 bridgehead atoms. The third kappa shape index (κ3) is 3.50. The molecular weight excluding hydrogens is 282 g/mol. The summed E-state index contributed by atoms with van der Waals surface area (Å²) in [6.07, 6.45) is 5.67. The number of hydrogen-bond donors (Lipinski definition) is 1. The van der Waals surface area contributed by atoms with Gasteiger partial charge in [0, 0.05) is 17.5 Å². The molecule has 1 aromatic heterocycles. The summed E-state index contributed by atoms with van der Waals surface area (Å²) in [4.78, 5) is 9.17. The quantitative estimate of drug-likeness (QED) is 0.809. The first-order valence-electron chi connectivity index (χ1n) is 8.14. The van der Waals surface area contributed by atoms with Crippen LogP contribution in [-0.4, -0.2) is 16.5 Å². The van der Waals surface area contributed by atoms with Crippen molar-refractivity contribution < 1.29 is 0 Å². The smallest absolute Gasteiger partial charge is 0.137 e. The van der Waals surface area contributed by atoms with E-state index in [1.807, 2.05) is 6.92 Å². The Labute approximate surface area is 132 Å². The monoisotopic (exact) mass is 307 g/mol. The SMILES string of the molecule is Cc1c(Cl)nc(C(C)(C)C)nc1NCC(C1CC1)C1CC1. The number of halogens is 1. The average Bonchev–Trinajstić information content (AvgIpc) is 3.25. The summed E-state index contributed by atoms with van der Waals surface area (Å²) in [5.41, 5.74) is 0.884. The van der Waals surface area contributed by atoms with Crippen molar-refractivity contribution in [2.75, 3.05) is 11.9 Å². The van der Waals surface area contributed by atoms with E-state index in [0.29, 0.717) is 5.15 Å². The molecule has 0 aliphatic heterocycles. The second kappa shape index (κ2) is 5.42. The Bertz CT molecular complexity index is 516. The van der Waals surface area contributed by atoms with Crippen LogP contribution in [0.2, 0.25) is 5.15 Å². The van der Waals surface area contributed by atoms with Gasteiger partial charge in [-0.2, -0.15) is 0 Å². The Morgan fingerprint density at radius 1 is 1.14 bits per heavy atom. The van der Waals surface area contributed by atoms with E-state index < -0.39 is 0 Å².